The largest absolute Gasteiger partial charge is 0.487 e. The molecule has 1 N–H and O–H groups in total. The first-order valence-electron chi connectivity index (χ1n) is 15.2. The minimum Gasteiger partial charge on any atom is -0.487 e. The molecule has 5 heteroatoms. The number of nitrogens with one attached hydrogen (secondary N) is 1. The van der Waals surface area contributed by atoms with Crippen molar-refractivity contribution in [2.75, 3.05) is 0 Å². The van der Waals surface area contributed by atoms with Crippen LogP contribution < -0.4 is 14.8 Å². The van der Waals surface area contributed by atoms with Gasteiger partial charge >= 0.3 is 6.09 Å². The Morgan fingerprint density at radius 1 is 0.881 bits per heavy atom. The molecule has 226 valence electrons. The molecule has 0 saturated carbocycles. The smallest absolute Gasteiger partial charge is 0.419 e. The Hall–Kier alpha value is -3.60. The van der Waals surface area contributed by atoms with Gasteiger partial charge in [-0.1, -0.05) is 53.1 Å². The highest BCUT2D eigenvalue weighted by atomic mass is 16.6. The van der Waals surface area contributed by atoms with Gasteiger partial charge in [0.2, 0.25) is 0 Å². The Kier molecular flexibility index (Phi) is 11.8. The summed E-state index contributed by atoms with van der Waals surface area (Å²) in [4.78, 5) is 25.0. The van der Waals surface area contributed by atoms with Crippen LogP contribution in [0.25, 0.3) is 0 Å². The number of carbonyl (C=O) groups excluding carboxylic acids is 2. The summed E-state index contributed by atoms with van der Waals surface area (Å²) in [5.74, 6) is 0.911. The van der Waals surface area contributed by atoms with E-state index in [1.165, 1.54) is 16.7 Å². The minimum atomic E-state index is -0.785. The zero-order chi connectivity index (χ0) is 30.9. The lowest BCUT2D eigenvalue weighted by Gasteiger charge is -2.38. The van der Waals surface area contributed by atoms with E-state index in [2.05, 4.69) is 58.2 Å². The first kappa shape index (κ1) is 32.9. The number of amides is 2. The molecule has 1 unspecified atom stereocenters. The van der Waals surface area contributed by atoms with Crippen LogP contribution in [-0.2, 0) is 6.42 Å². The van der Waals surface area contributed by atoms with Gasteiger partial charge in [-0.2, -0.15) is 0 Å². The molecular weight excluding hydrogens is 522 g/mol. The van der Waals surface area contributed by atoms with Crippen molar-refractivity contribution in [3.8, 4) is 11.5 Å². The molecule has 0 radical (unpaired) electrons. The average Bonchev–Trinajstić information content (AvgIpc) is 2.94. The molecule has 0 spiro atoms. The summed E-state index contributed by atoms with van der Waals surface area (Å²) in [7, 11) is 0. The van der Waals surface area contributed by atoms with Crippen LogP contribution in [0.15, 0.2) is 65.3 Å². The van der Waals surface area contributed by atoms with E-state index in [0.717, 1.165) is 79.4 Å². The number of fused-ring (bicyclic) bond motifs is 1. The van der Waals surface area contributed by atoms with Gasteiger partial charge in [-0.15, -0.1) is 0 Å². The summed E-state index contributed by atoms with van der Waals surface area (Å²) in [6, 6.07) is 8.63. The van der Waals surface area contributed by atoms with Gasteiger partial charge in [0.25, 0.3) is 5.91 Å². The van der Waals surface area contributed by atoms with E-state index in [1.54, 1.807) is 24.3 Å². The molecule has 2 amide bonds. The van der Waals surface area contributed by atoms with Crippen LogP contribution >= 0.6 is 0 Å². The quantitative estimate of drug-likeness (QED) is 0.273. The highest BCUT2D eigenvalue weighted by molar-refractivity contribution is 6.03. The number of hydrogen-bond acceptors (Lipinski definition) is 4. The van der Waals surface area contributed by atoms with Crippen molar-refractivity contribution in [1.82, 2.24) is 5.32 Å². The predicted molar refractivity (Wildman–Crippen MR) is 173 cm³/mol. The Labute approximate surface area is 253 Å². The first-order chi connectivity index (χ1) is 19.9. The molecule has 1 aliphatic rings. The molecule has 0 fully saturated rings. The van der Waals surface area contributed by atoms with Gasteiger partial charge in [0, 0.05) is 11.1 Å². The molecule has 0 aromatic heterocycles. The third-order valence-corrected chi connectivity index (χ3v) is 8.30. The van der Waals surface area contributed by atoms with Crippen molar-refractivity contribution >= 4 is 12.0 Å². The van der Waals surface area contributed by atoms with Gasteiger partial charge in [0.05, 0.1) is 0 Å². The third kappa shape index (κ3) is 9.20. The number of ether oxygens (including phenoxy) is 2. The Morgan fingerprint density at radius 3 is 2.14 bits per heavy atom. The van der Waals surface area contributed by atoms with Crippen LogP contribution in [0.5, 0.6) is 11.5 Å². The van der Waals surface area contributed by atoms with Gasteiger partial charge < -0.3 is 9.47 Å². The maximum Gasteiger partial charge on any atom is 0.419 e. The monoisotopic (exact) mass is 571 g/mol. The van der Waals surface area contributed by atoms with E-state index < -0.39 is 12.0 Å². The Balaban J connectivity index is 1.59. The molecule has 1 atom stereocenters. The summed E-state index contributed by atoms with van der Waals surface area (Å²) in [5.41, 5.74) is 8.21. The van der Waals surface area contributed by atoms with Crippen LogP contribution in [0.4, 0.5) is 4.79 Å². The van der Waals surface area contributed by atoms with E-state index >= 15 is 0 Å². The van der Waals surface area contributed by atoms with Crippen molar-refractivity contribution in [3.63, 3.8) is 0 Å². The molecule has 5 nitrogen and oxygen atoms in total. The average molecular weight is 572 g/mol. The molecule has 0 saturated heterocycles. The highest BCUT2D eigenvalue weighted by Gasteiger charge is 2.34. The van der Waals surface area contributed by atoms with E-state index in [-0.39, 0.29) is 5.60 Å². The molecule has 2 aromatic rings. The lowest BCUT2D eigenvalue weighted by Crippen LogP contribution is -2.37. The van der Waals surface area contributed by atoms with E-state index in [0.29, 0.717) is 11.3 Å². The number of hydrogen-bond donors (Lipinski definition) is 1. The van der Waals surface area contributed by atoms with Crippen molar-refractivity contribution in [3.05, 3.63) is 93.1 Å². The molecule has 0 bridgehead atoms. The van der Waals surface area contributed by atoms with E-state index in [1.807, 2.05) is 26.8 Å². The summed E-state index contributed by atoms with van der Waals surface area (Å²) >= 11 is 0. The second-order valence-corrected chi connectivity index (χ2v) is 12.3. The summed E-state index contributed by atoms with van der Waals surface area (Å²) in [6.45, 7) is 16.9. The number of rotatable bonds is 11. The van der Waals surface area contributed by atoms with Gasteiger partial charge in [-0.3, -0.25) is 10.1 Å². The fourth-order valence-electron chi connectivity index (χ4n) is 5.45. The summed E-state index contributed by atoms with van der Waals surface area (Å²) < 4.78 is 12.4. The van der Waals surface area contributed by atoms with Crippen LogP contribution in [0.3, 0.4) is 0 Å². The Morgan fingerprint density at radius 2 is 1.50 bits per heavy atom. The number of benzene rings is 2. The van der Waals surface area contributed by atoms with Crippen molar-refractivity contribution in [1.29, 1.82) is 0 Å². The second-order valence-electron chi connectivity index (χ2n) is 12.3. The maximum atomic E-state index is 12.6. The second kappa shape index (κ2) is 15.0. The van der Waals surface area contributed by atoms with Crippen LogP contribution in [0.1, 0.15) is 112 Å². The summed E-state index contributed by atoms with van der Waals surface area (Å²) in [6.07, 6.45) is 14.4. The third-order valence-electron chi connectivity index (χ3n) is 8.30. The standard InChI is InChI=1S/C37H49NO4/c1-25(2)15-12-16-26(3)17-13-18-27(4)19-14-23-37(8)24-22-32-30(7)33(28(5)29(6)34(32)42-37)41-36(40)38-35(39)31-20-10-9-11-21-31/h9-11,15,17,19-21H,12-14,16,18,22-24H2,1-8H3,(H,38,39,40). The lowest BCUT2D eigenvalue weighted by molar-refractivity contribution is 0.0558. The molecule has 0 aliphatic carbocycles. The zero-order valence-corrected chi connectivity index (χ0v) is 26.9. The zero-order valence-electron chi connectivity index (χ0n) is 26.9. The van der Waals surface area contributed by atoms with Crippen molar-refractivity contribution in [2.24, 2.45) is 0 Å². The molecular formula is C37H49NO4. The molecule has 42 heavy (non-hydrogen) atoms. The van der Waals surface area contributed by atoms with Crippen LogP contribution in [0, 0.1) is 20.8 Å². The van der Waals surface area contributed by atoms with Crippen LogP contribution in [-0.4, -0.2) is 17.6 Å². The molecule has 2 aromatic carbocycles. The highest BCUT2D eigenvalue weighted by Crippen LogP contribution is 2.45. The van der Waals surface area contributed by atoms with Gasteiger partial charge in [-0.05, 0) is 136 Å². The summed E-state index contributed by atoms with van der Waals surface area (Å²) in [5, 5.41) is 2.33. The number of carbonyl (C=O) groups is 2. The van der Waals surface area contributed by atoms with Crippen molar-refractivity contribution in [2.45, 2.75) is 112 Å². The number of allylic oxidation sites excluding steroid dienone is 6. The van der Waals surface area contributed by atoms with Gasteiger partial charge in [0.15, 0.2) is 0 Å². The molecule has 1 aliphatic heterocycles. The number of imide groups is 1. The minimum absolute atomic E-state index is 0.253. The predicted octanol–water partition coefficient (Wildman–Crippen LogP) is 9.82. The first-order valence-corrected chi connectivity index (χ1v) is 15.2. The normalized spacial score (nSPS) is 16.8. The van der Waals surface area contributed by atoms with Crippen molar-refractivity contribution < 1.29 is 19.1 Å². The van der Waals surface area contributed by atoms with Gasteiger partial charge in [-0.25, -0.2) is 4.79 Å². The van der Waals surface area contributed by atoms with Crippen LogP contribution in [0.2, 0.25) is 0 Å². The molecule has 3 rings (SSSR count). The molecule has 1 heterocycles. The lowest BCUT2D eigenvalue weighted by atomic mass is 9.85. The fraction of sp³-hybridized carbons (Fsp3) is 0.459. The van der Waals surface area contributed by atoms with E-state index in [9.17, 15) is 9.59 Å². The maximum absolute atomic E-state index is 12.6. The van der Waals surface area contributed by atoms with Gasteiger partial charge in [0.1, 0.15) is 17.1 Å². The SMILES string of the molecule is CC(C)=CCCC(C)=CCCC(C)=CCCC1(C)CCc2c(C)c(OC(=O)NC(=O)c3ccccc3)c(C)c(C)c2O1. The topological polar surface area (TPSA) is 64.6 Å². The Bertz CT molecular complexity index is 1360. The fourth-order valence-corrected chi connectivity index (χ4v) is 5.45. The van der Waals surface area contributed by atoms with E-state index in [4.69, 9.17) is 9.47 Å².